The number of pyridine rings is 4. The fourth-order valence-electron chi connectivity index (χ4n) is 14.5. The minimum Gasteiger partial charge on any atom is -0.482 e. The molecular weight excluding hydrogens is 1590 g/mol. The molecule has 4 heterocycles. The molecule has 0 aliphatic rings. The quantitative estimate of drug-likeness (QED) is 0.0175. The fourth-order valence-corrected chi connectivity index (χ4v) is 14.5. The Bertz CT molecular complexity index is 5500. The molecule has 0 saturated heterocycles. The summed E-state index contributed by atoms with van der Waals surface area (Å²) in [5.74, 6) is -2.27. The van der Waals surface area contributed by atoms with Crippen LogP contribution in [-0.2, 0) is 97.8 Å². The Hall–Kier alpha value is -13.5. The highest BCUT2D eigenvalue weighted by molar-refractivity contribution is 5.98. The lowest BCUT2D eigenvalue weighted by molar-refractivity contribution is 0.0932. The number of hydrogen-bond donors (Lipinski definition) is 5. The van der Waals surface area contributed by atoms with Crippen molar-refractivity contribution in [2.24, 2.45) is 5.92 Å². The van der Waals surface area contributed by atoms with Gasteiger partial charge in [-0.15, -0.1) is 0 Å². The van der Waals surface area contributed by atoms with Crippen molar-refractivity contribution in [3.05, 3.63) is 406 Å². The van der Waals surface area contributed by atoms with E-state index in [9.17, 15) is 33.6 Å². The van der Waals surface area contributed by atoms with Crippen molar-refractivity contribution in [1.29, 1.82) is 0 Å². The van der Waals surface area contributed by atoms with Crippen LogP contribution in [0.3, 0.4) is 0 Å². The van der Waals surface area contributed by atoms with Gasteiger partial charge in [0.15, 0.2) is 17.2 Å². The van der Waals surface area contributed by atoms with Gasteiger partial charge in [0, 0.05) is 139 Å². The van der Waals surface area contributed by atoms with Gasteiger partial charge in [-0.1, -0.05) is 231 Å². The van der Waals surface area contributed by atoms with Crippen molar-refractivity contribution in [3.63, 3.8) is 0 Å². The van der Waals surface area contributed by atoms with Crippen LogP contribution in [0.2, 0.25) is 0 Å². The number of rotatable bonds is 52. The van der Waals surface area contributed by atoms with Gasteiger partial charge in [-0.3, -0.25) is 43.4 Å². The molecule has 8 aromatic carbocycles. The van der Waals surface area contributed by atoms with Crippen molar-refractivity contribution in [2.45, 2.75) is 85.8 Å². The summed E-state index contributed by atoms with van der Waals surface area (Å²) in [6, 6.07) is 81.4. The second kappa shape index (κ2) is 49.1. The number of nitrogens with zero attached hydrogens (tertiary/aromatic N) is 6. The van der Waals surface area contributed by atoms with E-state index in [1.54, 1.807) is 54.5 Å². The first-order valence-corrected chi connectivity index (χ1v) is 42.6. The molecule has 0 fully saturated rings. The lowest BCUT2D eigenvalue weighted by Crippen LogP contribution is -2.46. The first-order valence-electron chi connectivity index (χ1n) is 42.6. The van der Waals surface area contributed by atoms with Gasteiger partial charge in [0.25, 0.3) is 40.0 Å². The number of anilines is 1. The van der Waals surface area contributed by atoms with Crippen molar-refractivity contribution < 1.29 is 47.5 Å². The first-order chi connectivity index (χ1) is 61.7. The smallest absolute Gasteiger partial charge is 0.293 e. The molecule has 4 aromatic heterocycles. The molecule has 12 rings (SSSR count). The Balaban J connectivity index is 0.822. The van der Waals surface area contributed by atoms with Gasteiger partial charge in [-0.25, -0.2) is 0 Å². The molecule has 25 nitrogen and oxygen atoms in total. The third-order valence-electron chi connectivity index (χ3n) is 21.3. The van der Waals surface area contributed by atoms with Crippen molar-refractivity contribution >= 4 is 29.1 Å². The lowest BCUT2D eigenvalue weighted by atomic mass is 9.97. The van der Waals surface area contributed by atoms with E-state index < -0.39 is 34.4 Å². The van der Waals surface area contributed by atoms with Crippen LogP contribution >= 0.6 is 0 Å². The molecule has 0 aliphatic heterocycles. The highest BCUT2D eigenvalue weighted by atomic mass is 16.5. The highest BCUT2D eigenvalue weighted by Gasteiger charge is 2.26. The number of nitrogen functional groups attached to an aromatic ring is 1. The number of aromatic nitrogens is 4. The number of nitrogens with two attached hydrogens (primary N) is 1. The normalized spacial score (nSPS) is 11.5. The standard InChI is InChI=1S/C101H111N11O14/c1-76-88(42-50-109(98(76)116)58-62-120-69-79-24-10-3-11-25-79)77(2)103-46-54-107(55-47-104-95(113)89-43-51-110(59-63-121-70-80-26-12-4-13-27-80)99(117)92(89)124-73-83-32-18-7-19-33-83)67-86(66-78-38-40-87(102)41-39-78)68-108(56-48-105-96(114)90-44-52-111(60-64-122-71-81-28-14-5-15-29-81)100(118)93(90)125-74-84-34-20-8-21-35-84)57-49-106-97(115)91-45-53-112(61-65-123-72-82-30-16-6-17-31-82)101(119)94(91)126-75-85-36-22-9-23-37-85/h3-45,50-53,86,103H,2,46-49,54-75,102H2,1H3,(H,104,113)(H,105,114)(H,106,115). The Morgan fingerprint density at radius 3 is 0.889 bits per heavy atom. The van der Waals surface area contributed by atoms with Gasteiger partial charge < -0.3 is 78.4 Å². The van der Waals surface area contributed by atoms with E-state index in [-0.39, 0.29) is 144 Å². The zero-order valence-electron chi connectivity index (χ0n) is 71.3. The molecule has 6 N–H and O–H groups in total. The van der Waals surface area contributed by atoms with Crippen LogP contribution in [0.4, 0.5) is 5.69 Å². The molecule has 0 saturated carbocycles. The van der Waals surface area contributed by atoms with Crippen LogP contribution in [-0.4, -0.2) is 138 Å². The van der Waals surface area contributed by atoms with Gasteiger partial charge >= 0.3 is 0 Å². The topological polar surface area (TPSA) is 284 Å². The molecule has 654 valence electrons. The minimum atomic E-state index is -0.558. The minimum absolute atomic E-state index is 0.00714. The summed E-state index contributed by atoms with van der Waals surface area (Å²) in [4.78, 5) is 106. The van der Waals surface area contributed by atoms with E-state index in [4.69, 9.17) is 38.9 Å². The number of carbonyl (C=O) groups excluding carboxylic acids is 3. The average molecular weight is 1700 g/mol. The van der Waals surface area contributed by atoms with Crippen LogP contribution in [0.25, 0.3) is 5.70 Å². The zero-order valence-corrected chi connectivity index (χ0v) is 71.3. The van der Waals surface area contributed by atoms with Crippen molar-refractivity contribution in [3.8, 4) is 17.2 Å². The van der Waals surface area contributed by atoms with E-state index in [1.165, 1.54) is 13.7 Å². The number of nitrogens with one attached hydrogen (secondary N) is 4. The van der Waals surface area contributed by atoms with Crippen molar-refractivity contribution in [1.82, 2.24) is 49.3 Å². The molecular formula is C101H111N11O14. The number of benzene rings is 8. The molecule has 1 unspecified atom stereocenters. The third-order valence-corrected chi connectivity index (χ3v) is 21.3. The van der Waals surface area contributed by atoms with E-state index in [0.29, 0.717) is 94.7 Å². The van der Waals surface area contributed by atoms with Gasteiger partial charge in [-0.2, -0.15) is 0 Å². The van der Waals surface area contributed by atoms with Gasteiger partial charge in [-0.05, 0) is 100 Å². The van der Waals surface area contributed by atoms with Gasteiger partial charge in [0.05, 0.1) is 69.5 Å². The van der Waals surface area contributed by atoms with Crippen LogP contribution in [0.1, 0.15) is 86.7 Å². The second-order valence-corrected chi connectivity index (χ2v) is 30.6. The third kappa shape index (κ3) is 28.5. The lowest BCUT2D eigenvalue weighted by Gasteiger charge is -2.32. The molecule has 0 spiro atoms. The monoisotopic (exact) mass is 1700 g/mol. The molecule has 1 atom stereocenters. The highest BCUT2D eigenvalue weighted by Crippen LogP contribution is 2.22. The summed E-state index contributed by atoms with van der Waals surface area (Å²) in [7, 11) is 0. The summed E-state index contributed by atoms with van der Waals surface area (Å²) >= 11 is 0. The second-order valence-electron chi connectivity index (χ2n) is 30.6. The number of ether oxygens (including phenoxy) is 7. The zero-order chi connectivity index (χ0) is 87.9. The Kier molecular flexibility index (Phi) is 35.7. The van der Waals surface area contributed by atoms with Crippen LogP contribution < -0.4 is 63.4 Å². The van der Waals surface area contributed by atoms with E-state index in [0.717, 1.165) is 44.5 Å². The van der Waals surface area contributed by atoms with Crippen molar-refractivity contribution in [2.75, 3.05) is 97.6 Å². The predicted octanol–water partition coefficient (Wildman–Crippen LogP) is 12.1. The van der Waals surface area contributed by atoms with Gasteiger partial charge in [0.2, 0.25) is 0 Å². The maximum atomic E-state index is 14.9. The Morgan fingerprint density at radius 2 is 0.595 bits per heavy atom. The average Bonchev–Trinajstić information content (AvgIpc) is 0.804. The van der Waals surface area contributed by atoms with E-state index in [1.807, 2.05) is 243 Å². The summed E-state index contributed by atoms with van der Waals surface area (Å²) in [5, 5.41) is 12.8. The predicted molar refractivity (Wildman–Crippen MR) is 489 cm³/mol. The summed E-state index contributed by atoms with van der Waals surface area (Å²) in [5.41, 5.74) is 14.3. The first kappa shape index (κ1) is 91.7. The van der Waals surface area contributed by atoms with E-state index in [2.05, 4.69) is 37.6 Å². The van der Waals surface area contributed by atoms with E-state index >= 15 is 0 Å². The maximum absolute atomic E-state index is 14.9. The number of amides is 3. The molecule has 0 aliphatic carbocycles. The molecule has 126 heavy (non-hydrogen) atoms. The van der Waals surface area contributed by atoms with Gasteiger partial charge in [0.1, 0.15) is 19.8 Å². The summed E-state index contributed by atoms with van der Waals surface area (Å²) in [6.07, 6.45) is 6.95. The maximum Gasteiger partial charge on any atom is 0.293 e. The van der Waals surface area contributed by atoms with Crippen LogP contribution in [0.5, 0.6) is 17.2 Å². The molecule has 12 aromatic rings. The summed E-state index contributed by atoms with van der Waals surface area (Å²) < 4.78 is 48.9. The summed E-state index contributed by atoms with van der Waals surface area (Å²) in [6.45, 7) is 11.9. The molecule has 3 amide bonds. The fraction of sp³-hybridized carbons (Fsp3) is 0.277. The number of carbonyl (C=O) groups is 3. The Labute approximate surface area is 734 Å². The SMILES string of the molecule is C=C(NCCN(CCNC(=O)c1ccn(CCOCc2ccccc2)c(=O)c1OCc1ccccc1)CC(Cc1ccc(N)cc1)CN(CCNC(=O)c1ccn(CCOCc2ccccc2)c(=O)c1OCc1ccccc1)CCNC(=O)c1ccn(CCOCc2ccccc2)c(=O)c1OCc1ccccc1)c1ccn(CCOCc2ccccc2)c(=O)c1C. The molecule has 0 bridgehead atoms. The largest absolute Gasteiger partial charge is 0.482 e. The number of hydrogen-bond acceptors (Lipinski definition) is 18. The molecule has 25 heteroatoms. The molecule has 0 radical (unpaired) electrons. The van der Waals surface area contributed by atoms with Crippen LogP contribution in [0.15, 0.2) is 311 Å². The van der Waals surface area contributed by atoms with Crippen LogP contribution in [0, 0.1) is 12.8 Å². The Morgan fingerprint density at radius 1 is 0.333 bits per heavy atom.